The second-order valence-electron chi connectivity index (χ2n) is 7.57. The Labute approximate surface area is 181 Å². The molecule has 0 atom stereocenters. The SMILES string of the molecule is COc1cc(OC)cc(N2CCN(C(=O)c3[nH]c(C)cc3-c3ccccc3F)CC2)c1. The van der Waals surface area contributed by atoms with Gasteiger partial charge < -0.3 is 24.3 Å². The number of hydrogen-bond acceptors (Lipinski definition) is 4. The van der Waals surface area contributed by atoms with E-state index in [1.165, 1.54) is 6.07 Å². The molecule has 2 aromatic carbocycles. The molecule has 0 radical (unpaired) electrons. The fourth-order valence-electron chi connectivity index (χ4n) is 3.95. The minimum atomic E-state index is -0.340. The zero-order valence-corrected chi connectivity index (χ0v) is 17.9. The van der Waals surface area contributed by atoms with Crippen molar-refractivity contribution >= 4 is 11.6 Å². The van der Waals surface area contributed by atoms with Crippen molar-refractivity contribution in [3.05, 3.63) is 65.7 Å². The Bertz CT molecular complexity index is 1070. The third-order valence-electron chi connectivity index (χ3n) is 5.60. The second-order valence-corrected chi connectivity index (χ2v) is 7.57. The van der Waals surface area contributed by atoms with E-state index in [1.807, 2.05) is 36.1 Å². The van der Waals surface area contributed by atoms with Crippen molar-refractivity contribution in [2.75, 3.05) is 45.3 Å². The summed E-state index contributed by atoms with van der Waals surface area (Å²) in [5.74, 6) is 0.995. The number of aryl methyl sites for hydroxylation is 1. The van der Waals surface area contributed by atoms with E-state index in [1.54, 1.807) is 32.4 Å². The molecule has 0 unspecified atom stereocenters. The number of nitrogens with one attached hydrogen (secondary N) is 1. The van der Waals surface area contributed by atoms with Crippen LogP contribution in [0, 0.1) is 12.7 Å². The fraction of sp³-hybridized carbons (Fsp3) is 0.292. The molecule has 6 nitrogen and oxygen atoms in total. The van der Waals surface area contributed by atoms with E-state index in [2.05, 4.69) is 9.88 Å². The van der Waals surface area contributed by atoms with Gasteiger partial charge in [0.1, 0.15) is 23.0 Å². The molecule has 1 aliphatic heterocycles. The zero-order valence-electron chi connectivity index (χ0n) is 17.9. The van der Waals surface area contributed by atoms with Crippen LogP contribution in [-0.2, 0) is 0 Å². The van der Waals surface area contributed by atoms with E-state index in [-0.39, 0.29) is 11.7 Å². The number of piperazine rings is 1. The normalized spacial score (nSPS) is 13.9. The smallest absolute Gasteiger partial charge is 0.271 e. The number of ether oxygens (including phenoxy) is 2. The van der Waals surface area contributed by atoms with Crippen LogP contribution in [0.5, 0.6) is 11.5 Å². The second kappa shape index (κ2) is 8.71. The highest BCUT2D eigenvalue weighted by atomic mass is 19.1. The van der Waals surface area contributed by atoms with Gasteiger partial charge in [-0.25, -0.2) is 4.39 Å². The van der Waals surface area contributed by atoms with Gasteiger partial charge in [0.15, 0.2) is 0 Å². The Morgan fingerprint density at radius 3 is 2.19 bits per heavy atom. The number of aromatic nitrogens is 1. The number of halogens is 1. The molecule has 1 aliphatic rings. The molecule has 3 aromatic rings. The Kier molecular flexibility index (Phi) is 5.84. The maximum Gasteiger partial charge on any atom is 0.271 e. The summed E-state index contributed by atoms with van der Waals surface area (Å²) in [6.07, 6.45) is 0. The summed E-state index contributed by atoms with van der Waals surface area (Å²) in [6.45, 7) is 4.35. The number of amides is 1. The highest BCUT2D eigenvalue weighted by Crippen LogP contribution is 2.31. The molecule has 31 heavy (non-hydrogen) atoms. The van der Waals surface area contributed by atoms with Crippen LogP contribution in [-0.4, -0.2) is 56.2 Å². The number of methoxy groups -OCH3 is 2. The quantitative estimate of drug-likeness (QED) is 0.671. The lowest BCUT2D eigenvalue weighted by Crippen LogP contribution is -2.49. The Morgan fingerprint density at radius 2 is 1.58 bits per heavy atom. The summed E-state index contributed by atoms with van der Waals surface area (Å²) in [5, 5.41) is 0. The molecular weight excluding hydrogens is 397 g/mol. The maximum absolute atomic E-state index is 14.4. The molecule has 1 N–H and O–H groups in total. The van der Waals surface area contributed by atoms with Crippen LogP contribution in [0.2, 0.25) is 0 Å². The van der Waals surface area contributed by atoms with Gasteiger partial charge in [0.05, 0.1) is 14.2 Å². The molecule has 4 rings (SSSR count). The largest absolute Gasteiger partial charge is 0.497 e. The summed E-state index contributed by atoms with van der Waals surface area (Å²) in [7, 11) is 3.25. The number of carbonyl (C=O) groups is 1. The average molecular weight is 423 g/mol. The van der Waals surface area contributed by atoms with Crippen LogP contribution in [0.4, 0.5) is 10.1 Å². The molecule has 0 aliphatic carbocycles. The summed E-state index contributed by atoms with van der Waals surface area (Å²) < 4.78 is 25.1. The van der Waals surface area contributed by atoms with Gasteiger partial charge in [-0.1, -0.05) is 18.2 Å². The molecule has 1 amide bonds. The number of hydrogen-bond donors (Lipinski definition) is 1. The predicted octanol–water partition coefficient (Wildman–Crippen LogP) is 4.11. The van der Waals surface area contributed by atoms with Crippen LogP contribution in [0.15, 0.2) is 48.5 Å². The Hall–Kier alpha value is -3.48. The highest BCUT2D eigenvalue weighted by Gasteiger charge is 2.26. The van der Waals surface area contributed by atoms with Gasteiger partial charge in [-0.05, 0) is 19.1 Å². The molecule has 1 aromatic heterocycles. The summed E-state index contributed by atoms with van der Waals surface area (Å²) in [5.41, 5.74) is 3.27. The predicted molar refractivity (Wildman–Crippen MR) is 119 cm³/mol. The maximum atomic E-state index is 14.4. The van der Waals surface area contributed by atoms with Gasteiger partial charge in [0, 0.05) is 66.9 Å². The van der Waals surface area contributed by atoms with Gasteiger partial charge >= 0.3 is 0 Å². The number of benzene rings is 2. The van der Waals surface area contributed by atoms with Crippen LogP contribution < -0.4 is 14.4 Å². The summed E-state index contributed by atoms with van der Waals surface area (Å²) in [4.78, 5) is 20.4. The number of rotatable bonds is 5. The van der Waals surface area contributed by atoms with E-state index in [0.717, 1.165) is 22.9 Å². The van der Waals surface area contributed by atoms with Crippen LogP contribution in [0.1, 0.15) is 16.2 Å². The fourth-order valence-corrected chi connectivity index (χ4v) is 3.95. The summed E-state index contributed by atoms with van der Waals surface area (Å²) >= 11 is 0. The Balaban J connectivity index is 1.52. The average Bonchev–Trinajstić information content (AvgIpc) is 3.19. The third kappa shape index (κ3) is 4.21. The molecule has 2 heterocycles. The first-order valence-corrected chi connectivity index (χ1v) is 10.2. The lowest BCUT2D eigenvalue weighted by Gasteiger charge is -2.36. The van der Waals surface area contributed by atoms with Crippen LogP contribution in [0.3, 0.4) is 0 Å². The van der Waals surface area contributed by atoms with Crippen molar-refractivity contribution in [1.82, 2.24) is 9.88 Å². The third-order valence-corrected chi connectivity index (χ3v) is 5.60. The number of H-pyrrole nitrogens is 1. The first-order valence-electron chi connectivity index (χ1n) is 10.2. The number of carbonyl (C=O) groups excluding carboxylic acids is 1. The van der Waals surface area contributed by atoms with Gasteiger partial charge in [0.2, 0.25) is 0 Å². The van der Waals surface area contributed by atoms with Crippen molar-refractivity contribution < 1.29 is 18.7 Å². The molecule has 7 heteroatoms. The molecule has 0 spiro atoms. The van der Waals surface area contributed by atoms with Crippen molar-refractivity contribution in [1.29, 1.82) is 0 Å². The van der Waals surface area contributed by atoms with Crippen molar-refractivity contribution in [3.8, 4) is 22.6 Å². The van der Waals surface area contributed by atoms with E-state index < -0.39 is 0 Å². The van der Waals surface area contributed by atoms with Gasteiger partial charge in [-0.2, -0.15) is 0 Å². The van der Waals surface area contributed by atoms with Crippen LogP contribution in [0.25, 0.3) is 11.1 Å². The van der Waals surface area contributed by atoms with E-state index in [4.69, 9.17) is 9.47 Å². The molecule has 1 saturated heterocycles. The van der Waals surface area contributed by atoms with Gasteiger partial charge in [-0.15, -0.1) is 0 Å². The Morgan fingerprint density at radius 1 is 0.935 bits per heavy atom. The number of nitrogens with zero attached hydrogens (tertiary/aromatic N) is 2. The standard InChI is InChI=1S/C24H26FN3O3/c1-16-12-21(20-6-4-5-7-22(20)25)23(26-16)24(29)28-10-8-27(9-11-28)17-13-18(30-2)15-19(14-17)31-3/h4-7,12-15,26H,8-11H2,1-3H3. The first-order chi connectivity index (χ1) is 15.0. The highest BCUT2D eigenvalue weighted by molar-refractivity contribution is 5.99. The number of anilines is 1. The monoisotopic (exact) mass is 423 g/mol. The number of aromatic amines is 1. The minimum Gasteiger partial charge on any atom is -0.497 e. The zero-order chi connectivity index (χ0) is 22.0. The van der Waals surface area contributed by atoms with Crippen molar-refractivity contribution in [2.24, 2.45) is 0 Å². The summed E-state index contributed by atoms with van der Waals surface area (Å²) in [6, 6.07) is 14.1. The molecule has 1 fully saturated rings. The van der Waals surface area contributed by atoms with E-state index in [9.17, 15) is 9.18 Å². The van der Waals surface area contributed by atoms with Gasteiger partial charge in [0.25, 0.3) is 5.91 Å². The lowest BCUT2D eigenvalue weighted by molar-refractivity contribution is 0.0742. The first kappa shape index (κ1) is 20.8. The van der Waals surface area contributed by atoms with Crippen molar-refractivity contribution in [2.45, 2.75) is 6.92 Å². The lowest BCUT2D eigenvalue weighted by atomic mass is 10.0. The van der Waals surface area contributed by atoms with Crippen molar-refractivity contribution in [3.63, 3.8) is 0 Å². The molecular formula is C24H26FN3O3. The van der Waals surface area contributed by atoms with Gasteiger partial charge in [-0.3, -0.25) is 4.79 Å². The topological polar surface area (TPSA) is 57.8 Å². The molecule has 162 valence electrons. The molecule has 0 bridgehead atoms. The molecule has 0 saturated carbocycles. The van der Waals surface area contributed by atoms with Crippen LogP contribution >= 0.6 is 0 Å². The van der Waals surface area contributed by atoms with E-state index >= 15 is 0 Å². The van der Waals surface area contributed by atoms with E-state index in [0.29, 0.717) is 43.0 Å². The minimum absolute atomic E-state index is 0.116.